The minimum absolute atomic E-state index is 0.0474. The number of nitrogens with zero attached hydrogens (tertiary/aromatic N) is 5. The van der Waals surface area contributed by atoms with Gasteiger partial charge in [-0.15, -0.1) is 0 Å². The summed E-state index contributed by atoms with van der Waals surface area (Å²) in [6.07, 6.45) is 2.71. The maximum Gasteiger partial charge on any atom is 0.410 e. The molecule has 0 saturated heterocycles. The standard InChI is InChI=1S/C18H25N5O4/c1-11-8-22-13(10-21(11)17(25)27-6)14(15(20-22)18(2,3)4)23-9-12(7-19-23)16(24)26-5/h7,9,11H,8,10H2,1-6H3/t11-/m0/s1. The molecule has 9 heteroatoms. The number of methoxy groups -OCH3 is 2. The van der Waals surface area contributed by atoms with Gasteiger partial charge < -0.3 is 9.47 Å². The fourth-order valence-electron chi connectivity index (χ4n) is 3.24. The van der Waals surface area contributed by atoms with E-state index in [1.807, 2.05) is 11.6 Å². The fraction of sp³-hybridized carbons (Fsp3) is 0.556. The number of ether oxygens (including phenoxy) is 2. The topological polar surface area (TPSA) is 91.5 Å². The van der Waals surface area contributed by atoms with E-state index in [1.165, 1.54) is 20.4 Å². The van der Waals surface area contributed by atoms with Gasteiger partial charge in [-0.1, -0.05) is 20.8 Å². The lowest BCUT2D eigenvalue weighted by Gasteiger charge is -2.33. The van der Waals surface area contributed by atoms with Gasteiger partial charge in [0.05, 0.1) is 56.5 Å². The maximum absolute atomic E-state index is 12.2. The van der Waals surface area contributed by atoms with Crippen LogP contribution in [0.15, 0.2) is 12.4 Å². The summed E-state index contributed by atoms with van der Waals surface area (Å²) in [5.74, 6) is -0.454. The van der Waals surface area contributed by atoms with Gasteiger partial charge in [0.2, 0.25) is 0 Å². The lowest BCUT2D eigenvalue weighted by molar-refractivity contribution is 0.0600. The van der Waals surface area contributed by atoms with Crippen LogP contribution < -0.4 is 0 Å². The normalized spacial score (nSPS) is 16.8. The quantitative estimate of drug-likeness (QED) is 0.747. The molecule has 0 bridgehead atoms. The molecule has 146 valence electrons. The van der Waals surface area contributed by atoms with Gasteiger partial charge in [0.1, 0.15) is 5.69 Å². The van der Waals surface area contributed by atoms with E-state index in [2.05, 4.69) is 25.9 Å². The zero-order valence-electron chi connectivity index (χ0n) is 16.5. The number of aromatic nitrogens is 4. The Labute approximate surface area is 157 Å². The first kappa shape index (κ1) is 18.9. The summed E-state index contributed by atoms with van der Waals surface area (Å²) in [5.41, 5.74) is 2.57. The third-order valence-electron chi connectivity index (χ3n) is 4.67. The molecular weight excluding hydrogens is 350 g/mol. The monoisotopic (exact) mass is 375 g/mol. The van der Waals surface area contributed by atoms with Crippen molar-refractivity contribution in [2.45, 2.75) is 52.2 Å². The molecule has 27 heavy (non-hydrogen) atoms. The highest BCUT2D eigenvalue weighted by atomic mass is 16.5. The molecular formula is C18H25N5O4. The van der Waals surface area contributed by atoms with Gasteiger partial charge in [-0.3, -0.25) is 9.58 Å². The van der Waals surface area contributed by atoms with Gasteiger partial charge in [0, 0.05) is 11.6 Å². The number of rotatable bonds is 2. The van der Waals surface area contributed by atoms with Gasteiger partial charge in [0.25, 0.3) is 0 Å². The summed E-state index contributed by atoms with van der Waals surface area (Å²) in [4.78, 5) is 25.6. The number of fused-ring (bicyclic) bond motifs is 1. The average Bonchev–Trinajstić information content (AvgIpc) is 3.23. The Morgan fingerprint density at radius 3 is 2.52 bits per heavy atom. The highest BCUT2D eigenvalue weighted by molar-refractivity contribution is 5.88. The molecule has 0 fully saturated rings. The highest BCUT2D eigenvalue weighted by Crippen LogP contribution is 2.33. The Balaban J connectivity index is 2.14. The summed E-state index contributed by atoms with van der Waals surface area (Å²) in [5, 5.41) is 9.15. The molecule has 0 N–H and O–H groups in total. The Morgan fingerprint density at radius 2 is 1.93 bits per heavy atom. The van der Waals surface area contributed by atoms with Crippen LogP contribution in [-0.4, -0.2) is 56.8 Å². The van der Waals surface area contributed by atoms with E-state index in [9.17, 15) is 9.59 Å². The van der Waals surface area contributed by atoms with E-state index >= 15 is 0 Å². The number of carbonyl (C=O) groups excluding carboxylic acids is 2. The second-order valence-corrected chi connectivity index (χ2v) is 7.69. The van der Waals surface area contributed by atoms with E-state index in [0.717, 1.165) is 17.1 Å². The SMILES string of the molecule is COC(=O)c1cnn(-c2c(C(C)(C)C)nn3c2CN(C(=O)OC)[C@@H](C)C3)c1. The summed E-state index contributed by atoms with van der Waals surface area (Å²) in [6, 6.07) is -0.0474. The van der Waals surface area contributed by atoms with Gasteiger partial charge >= 0.3 is 12.1 Å². The molecule has 1 atom stereocenters. The van der Waals surface area contributed by atoms with E-state index in [1.54, 1.807) is 15.8 Å². The minimum Gasteiger partial charge on any atom is -0.465 e. The molecule has 2 aromatic rings. The molecule has 0 aromatic carbocycles. The van der Waals surface area contributed by atoms with Crippen molar-refractivity contribution in [3.05, 3.63) is 29.3 Å². The van der Waals surface area contributed by atoms with Crippen molar-refractivity contribution in [3.63, 3.8) is 0 Å². The largest absolute Gasteiger partial charge is 0.465 e. The van der Waals surface area contributed by atoms with E-state index in [4.69, 9.17) is 14.6 Å². The lowest BCUT2D eigenvalue weighted by atomic mass is 9.90. The Kier molecular flexibility index (Phi) is 4.71. The van der Waals surface area contributed by atoms with Crippen molar-refractivity contribution in [1.82, 2.24) is 24.5 Å². The van der Waals surface area contributed by atoms with Crippen molar-refractivity contribution < 1.29 is 19.1 Å². The number of esters is 1. The predicted molar refractivity (Wildman–Crippen MR) is 96.8 cm³/mol. The van der Waals surface area contributed by atoms with Crippen LogP contribution in [0.2, 0.25) is 0 Å². The summed E-state index contributed by atoms with van der Waals surface area (Å²) in [6.45, 7) is 9.06. The van der Waals surface area contributed by atoms with Crippen LogP contribution in [0.4, 0.5) is 4.79 Å². The van der Waals surface area contributed by atoms with Crippen molar-refractivity contribution in [2.75, 3.05) is 14.2 Å². The van der Waals surface area contributed by atoms with Crippen molar-refractivity contribution in [2.24, 2.45) is 0 Å². The summed E-state index contributed by atoms with van der Waals surface area (Å²) >= 11 is 0. The lowest BCUT2D eigenvalue weighted by Crippen LogP contribution is -2.45. The molecule has 1 aliphatic rings. The number of carbonyl (C=O) groups is 2. The third kappa shape index (κ3) is 3.29. The zero-order valence-corrected chi connectivity index (χ0v) is 16.5. The molecule has 2 aromatic heterocycles. The van der Waals surface area contributed by atoms with Gasteiger partial charge in [0.15, 0.2) is 0 Å². The van der Waals surface area contributed by atoms with Crippen LogP contribution in [0.5, 0.6) is 0 Å². The van der Waals surface area contributed by atoms with Crippen LogP contribution in [0.3, 0.4) is 0 Å². The van der Waals surface area contributed by atoms with Crippen LogP contribution >= 0.6 is 0 Å². The maximum atomic E-state index is 12.2. The Bertz CT molecular complexity index is 877. The van der Waals surface area contributed by atoms with E-state index in [-0.39, 0.29) is 17.6 Å². The van der Waals surface area contributed by atoms with Crippen LogP contribution in [0.25, 0.3) is 5.69 Å². The first-order chi connectivity index (χ1) is 12.7. The second kappa shape index (κ2) is 6.71. The molecule has 1 aliphatic heterocycles. The molecule has 0 aliphatic carbocycles. The molecule has 0 unspecified atom stereocenters. The van der Waals surface area contributed by atoms with Crippen LogP contribution in [-0.2, 0) is 28.0 Å². The van der Waals surface area contributed by atoms with Crippen LogP contribution in [0, 0.1) is 0 Å². The molecule has 0 radical (unpaired) electrons. The van der Waals surface area contributed by atoms with Gasteiger partial charge in [-0.2, -0.15) is 10.2 Å². The first-order valence-electron chi connectivity index (χ1n) is 8.75. The van der Waals surface area contributed by atoms with Crippen molar-refractivity contribution in [1.29, 1.82) is 0 Å². The smallest absolute Gasteiger partial charge is 0.410 e. The third-order valence-corrected chi connectivity index (χ3v) is 4.67. The Morgan fingerprint density at radius 1 is 1.22 bits per heavy atom. The first-order valence-corrected chi connectivity index (χ1v) is 8.75. The molecule has 0 spiro atoms. The summed E-state index contributed by atoms with van der Waals surface area (Å²) < 4.78 is 13.2. The molecule has 3 heterocycles. The van der Waals surface area contributed by atoms with E-state index < -0.39 is 5.97 Å². The fourth-order valence-corrected chi connectivity index (χ4v) is 3.24. The predicted octanol–water partition coefficient (Wildman–Crippen LogP) is 2.12. The highest BCUT2D eigenvalue weighted by Gasteiger charge is 2.35. The molecule has 3 rings (SSSR count). The molecule has 1 amide bonds. The van der Waals surface area contributed by atoms with Crippen molar-refractivity contribution in [3.8, 4) is 5.69 Å². The average molecular weight is 375 g/mol. The minimum atomic E-state index is -0.454. The number of hydrogen-bond acceptors (Lipinski definition) is 6. The Hall–Kier alpha value is -2.84. The molecule has 9 nitrogen and oxygen atoms in total. The number of hydrogen-bond donors (Lipinski definition) is 0. The van der Waals surface area contributed by atoms with E-state index in [0.29, 0.717) is 18.7 Å². The van der Waals surface area contributed by atoms with Crippen molar-refractivity contribution >= 4 is 12.1 Å². The molecule has 0 saturated carbocycles. The summed E-state index contributed by atoms with van der Waals surface area (Å²) in [7, 11) is 2.70. The zero-order chi connectivity index (χ0) is 19.9. The number of amides is 1. The van der Waals surface area contributed by atoms with Gasteiger partial charge in [-0.25, -0.2) is 14.3 Å². The van der Waals surface area contributed by atoms with Crippen LogP contribution in [0.1, 0.15) is 49.4 Å². The second-order valence-electron chi connectivity index (χ2n) is 7.69. The van der Waals surface area contributed by atoms with Gasteiger partial charge in [-0.05, 0) is 6.92 Å².